The van der Waals surface area contributed by atoms with Gasteiger partial charge in [-0.25, -0.2) is 5.10 Å². The van der Waals surface area contributed by atoms with Gasteiger partial charge in [0.1, 0.15) is 0 Å². The van der Waals surface area contributed by atoms with Gasteiger partial charge in [-0.3, -0.25) is 4.57 Å². The lowest BCUT2D eigenvalue weighted by atomic mass is 10.1. The highest BCUT2D eigenvalue weighted by atomic mass is 32.1. The Morgan fingerprint density at radius 2 is 1.95 bits per heavy atom. The number of nitrogens with one attached hydrogen (secondary N) is 1. The normalized spacial score (nSPS) is 24.8. The van der Waals surface area contributed by atoms with E-state index < -0.39 is 0 Å². The van der Waals surface area contributed by atoms with Gasteiger partial charge in [0.05, 0.1) is 0 Å². The summed E-state index contributed by atoms with van der Waals surface area (Å²) >= 11 is 5.47. The molecule has 2 aliphatic rings. The number of rotatable bonds is 3. The molecule has 112 valence electrons. The lowest BCUT2D eigenvalue weighted by Crippen LogP contribution is -2.46. The number of hydrogen-bond donors (Lipinski definition) is 1. The standard InChI is InChI=1S/C14H25N5S/c1-17(2)12-8-5-9-18(10-12)13-15-16-14(20)19(13)11-6-3-4-7-11/h11-12H,3-10H2,1-2H3,(H,16,20). The van der Waals surface area contributed by atoms with E-state index in [4.69, 9.17) is 12.2 Å². The van der Waals surface area contributed by atoms with E-state index >= 15 is 0 Å². The van der Waals surface area contributed by atoms with Crippen LogP contribution in [0.2, 0.25) is 0 Å². The van der Waals surface area contributed by atoms with Crippen LogP contribution in [0.1, 0.15) is 44.6 Å². The molecule has 2 fully saturated rings. The molecule has 0 spiro atoms. The van der Waals surface area contributed by atoms with Crippen molar-refractivity contribution >= 4 is 18.2 Å². The highest BCUT2D eigenvalue weighted by Crippen LogP contribution is 2.33. The van der Waals surface area contributed by atoms with Crippen LogP contribution in [0.3, 0.4) is 0 Å². The van der Waals surface area contributed by atoms with E-state index in [1.54, 1.807) is 0 Å². The van der Waals surface area contributed by atoms with Gasteiger partial charge in [0.15, 0.2) is 4.77 Å². The average Bonchev–Trinajstić information content (AvgIpc) is 3.07. The molecule has 2 heterocycles. The third kappa shape index (κ3) is 2.63. The molecule has 20 heavy (non-hydrogen) atoms. The Bertz CT molecular complexity index is 500. The van der Waals surface area contributed by atoms with Crippen molar-refractivity contribution in [1.29, 1.82) is 0 Å². The Hall–Kier alpha value is -0.880. The topological polar surface area (TPSA) is 40.1 Å². The fraction of sp³-hybridized carbons (Fsp3) is 0.857. The summed E-state index contributed by atoms with van der Waals surface area (Å²) in [6.07, 6.45) is 7.62. The second-order valence-electron chi connectivity index (χ2n) is 6.34. The Morgan fingerprint density at radius 1 is 1.20 bits per heavy atom. The van der Waals surface area contributed by atoms with Crippen molar-refractivity contribution < 1.29 is 0 Å². The molecule has 0 amide bonds. The lowest BCUT2D eigenvalue weighted by molar-refractivity contribution is 0.255. The maximum absolute atomic E-state index is 5.47. The number of nitrogens with zero attached hydrogens (tertiary/aromatic N) is 4. The van der Waals surface area contributed by atoms with Gasteiger partial charge in [-0.15, -0.1) is 5.10 Å². The molecule has 5 nitrogen and oxygen atoms in total. The van der Waals surface area contributed by atoms with Crippen LogP contribution < -0.4 is 4.90 Å². The minimum Gasteiger partial charge on any atom is -0.339 e. The quantitative estimate of drug-likeness (QED) is 0.870. The van der Waals surface area contributed by atoms with Gasteiger partial charge in [0.25, 0.3) is 0 Å². The van der Waals surface area contributed by atoms with E-state index in [2.05, 4.69) is 38.7 Å². The van der Waals surface area contributed by atoms with Gasteiger partial charge in [0, 0.05) is 25.2 Å². The zero-order chi connectivity index (χ0) is 14.1. The van der Waals surface area contributed by atoms with Crippen molar-refractivity contribution in [3.8, 4) is 0 Å². The Morgan fingerprint density at radius 3 is 2.65 bits per heavy atom. The first-order chi connectivity index (χ1) is 9.66. The van der Waals surface area contributed by atoms with Crippen molar-refractivity contribution in [2.45, 2.75) is 50.6 Å². The number of H-pyrrole nitrogens is 1. The molecule has 1 aliphatic carbocycles. The van der Waals surface area contributed by atoms with E-state index in [0.717, 1.165) is 23.8 Å². The van der Waals surface area contributed by atoms with Gasteiger partial charge in [-0.2, -0.15) is 0 Å². The van der Waals surface area contributed by atoms with E-state index in [1.165, 1.54) is 38.5 Å². The second-order valence-corrected chi connectivity index (χ2v) is 6.73. The minimum atomic E-state index is 0.552. The number of hydrogen-bond acceptors (Lipinski definition) is 4. The molecule has 0 bridgehead atoms. The fourth-order valence-electron chi connectivity index (χ4n) is 3.57. The van der Waals surface area contributed by atoms with E-state index in [0.29, 0.717) is 12.1 Å². The summed E-state index contributed by atoms with van der Waals surface area (Å²) in [6, 6.07) is 1.17. The molecule has 1 atom stereocenters. The Labute approximate surface area is 126 Å². The van der Waals surface area contributed by atoms with Crippen LogP contribution in [0.5, 0.6) is 0 Å². The zero-order valence-electron chi connectivity index (χ0n) is 12.5. The number of piperidine rings is 1. The van der Waals surface area contributed by atoms with Crippen LogP contribution in [0.4, 0.5) is 5.95 Å². The van der Waals surface area contributed by atoms with Crippen LogP contribution in [-0.4, -0.2) is 52.9 Å². The number of aromatic nitrogens is 3. The van der Waals surface area contributed by atoms with Gasteiger partial charge < -0.3 is 9.80 Å². The maximum atomic E-state index is 5.47. The van der Waals surface area contributed by atoms with Gasteiger partial charge >= 0.3 is 0 Å². The maximum Gasteiger partial charge on any atom is 0.226 e. The zero-order valence-corrected chi connectivity index (χ0v) is 13.3. The Balaban J connectivity index is 1.84. The van der Waals surface area contributed by atoms with Crippen LogP contribution in [-0.2, 0) is 0 Å². The smallest absolute Gasteiger partial charge is 0.226 e. The summed E-state index contributed by atoms with van der Waals surface area (Å²) in [5, 5.41) is 7.55. The summed E-state index contributed by atoms with van der Waals surface area (Å²) in [7, 11) is 4.34. The third-order valence-corrected chi connectivity index (χ3v) is 5.07. The largest absolute Gasteiger partial charge is 0.339 e. The number of aromatic amines is 1. The lowest BCUT2D eigenvalue weighted by Gasteiger charge is -2.37. The molecule has 1 N–H and O–H groups in total. The van der Waals surface area contributed by atoms with Crippen molar-refractivity contribution in [2.75, 3.05) is 32.1 Å². The van der Waals surface area contributed by atoms with Gasteiger partial charge in [-0.05, 0) is 52.0 Å². The van der Waals surface area contributed by atoms with E-state index in [9.17, 15) is 0 Å². The van der Waals surface area contributed by atoms with Gasteiger partial charge in [0.2, 0.25) is 5.95 Å². The number of likely N-dealkylation sites (N-methyl/N-ethyl adjacent to an activating group) is 1. The van der Waals surface area contributed by atoms with Crippen LogP contribution >= 0.6 is 12.2 Å². The monoisotopic (exact) mass is 295 g/mol. The Kier molecular flexibility index (Phi) is 4.12. The summed E-state index contributed by atoms with van der Waals surface area (Å²) in [5.74, 6) is 1.06. The van der Waals surface area contributed by atoms with Crippen LogP contribution in [0.25, 0.3) is 0 Å². The third-order valence-electron chi connectivity index (χ3n) is 4.79. The molecule has 0 aromatic carbocycles. The predicted octanol–water partition coefficient (Wildman–Crippen LogP) is 2.59. The minimum absolute atomic E-state index is 0.552. The van der Waals surface area contributed by atoms with Crippen molar-refractivity contribution in [3.63, 3.8) is 0 Å². The molecule has 1 aromatic heterocycles. The summed E-state index contributed by atoms with van der Waals surface area (Å²) in [5.41, 5.74) is 0. The highest BCUT2D eigenvalue weighted by molar-refractivity contribution is 7.71. The summed E-state index contributed by atoms with van der Waals surface area (Å²) in [4.78, 5) is 4.74. The molecule has 3 rings (SSSR count). The highest BCUT2D eigenvalue weighted by Gasteiger charge is 2.28. The predicted molar refractivity (Wildman–Crippen MR) is 83.8 cm³/mol. The number of anilines is 1. The van der Waals surface area contributed by atoms with E-state index in [1.807, 2.05) is 0 Å². The molecule has 6 heteroatoms. The molecular weight excluding hydrogens is 270 g/mol. The van der Waals surface area contributed by atoms with E-state index in [-0.39, 0.29) is 0 Å². The summed E-state index contributed by atoms with van der Waals surface area (Å²) < 4.78 is 3.07. The molecule has 1 saturated heterocycles. The molecule has 1 saturated carbocycles. The first-order valence-electron chi connectivity index (χ1n) is 7.75. The second kappa shape index (κ2) is 5.85. The first kappa shape index (κ1) is 14.1. The average molecular weight is 295 g/mol. The first-order valence-corrected chi connectivity index (χ1v) is 8.16. The van der Waals surface area contributed by atoms with Crippen molar-refractivity contribution in [3.05, 3.63) is 4.77 Å². The molecule has 1 aliphatic heterocycles. The summed E-state index contributed by atoms with van der Waals surface area (Å²) in [6.45, 7) is 2.15. The molecular formula is C14H25N5S. The van der Waals surface area contributed by atoms with Gasteiger partial charge in [-0.1, -0.05) is 12.8 Å². The van der Waals surface area contributed by atoms with Crippen molar-refractivity contribution in [1.82, 2.24) is 19.7 Å². The van der Waals surface area contributed by atoms with Crippen LogP contribution in [0, 0.1) is 4.77 Å². The van der Waals surface area contributed by atoms with Crippen LogP contribution in [0.15, 0.2) is 0 Å². The molecule has 1 unspecified atom stereocenters. The molecule has 1 aromatic rings. The molecule has 0 radical (unpaired) electrons. The SMILES string of the molecule is CN(C)C1CCCN(c2n[nH]c(=S)n2C2CCCC2)C1. The fourth-order valence-corrected chi connectivity index (χ4v) is 3.85. The van der Waals surface area contributed by atoms with Crippen molar-refractivity contribution in [2.24, 2.45) is 0 Å².